The standard InChI is InChI=1S/C9H15NO3/c1-6(2)9(12)13-5-7-3-4-8(11)10-7/h6-7H,3-5H2,1-2H3,(H,10,11). The molecule has 1 fully saturated rings. The number of hydrogen-bond acceptors (Lipinski definition) is 3. The van der Waals surface area contributed by atoms with Gasteiger partial charge in [-0.25, -0.2) is 0 Å². The predicted molar refractivity (Wildman–Crippen MR) is 47.0 cm³/mol. The van der Waals surface area contributed by atoms with Gasteiger partial charge in [0, 0.05) is 6.42 Å². The third-order valence-corrected chi connectivity index (χ3v) is 1.98. The molecule has 1 aliphatic heterocycles. The summed E-state index contributed by atoms with van der Waals surface area (Å²) in [5, 5.41) is 2.73. The summed E-state index contributed by atoms with van der Waals surface area (Å²) in [7, 11) is 0. The monoisotopic (exact) mass is 185 g/mol. The van der Waals surface area contributed by atoms with Crippen LogP contribution in [0.5, 0.6) is 0 Å². The Morgan fingerprint density at radius 2 is 2.38 bits per heavy atom. The van der Waals surface area contributed by atoms with E-state index in [4.69, 9.17) is 4.74 Å². The van der Waals surface area contributed by atoms with Gasteiger partial charge in [-0.1, -0.05) is 13.8 Å². The number of esters is 1. The van der Waals surface area contributed by atoms with Crippen molar-refractivity contribution in [1.29, 1.82) is 0 Å². The highest BCUT2D eigenvalue weighted by Gasteiger charge is 2.22. The Hall–Kier alpha value is -1.06. The average molecular weight is 185 g/mol. The Morgan fingerprint density at radius 3 is 2.85 bits per heavy atom. The van der Waals surface area contributed by atoms with Crippen molar-refractivity contribution < 1.29 is 14.3 Å². The molecule has 0 radical (unpaired) electrons. The third-order valence-electron chi connectivity index (χ3n) is 1.98. The third kappa shape index (κ3) is 3.05. The van der Waals surface area contributed by atoms with Crippen LogP contribution in [0.25, 0.3) is 0 Å². The number of nitrogens with one attached hydrogen (secondary N) is 1. The minimum absolute atomic E-state index is 0.0233. The van der Waals surface area contributed by atoms with E-state index in [0.717, 1.165) is 6.42 Å². The quantitative estimate of drug-likeness (QED) is 0.650. The minimum Gasteiger partial charge on any atom is -0.463 e. The summed E-state index contributed by atoms with van der Waals surface area (Å²) in [5.74, 6) is -0.260. The van der Waals surface area contributed by atoms with Gasteiger partial charge in [-0.15, -0.1) is 0 Å². The lowest BCUT2D eigenvalue weighted by molar-refractivity contribution is -0.148. The lowest BCUT2D eigenvalue weighted by atomic mass is 10.2. The second-order valence-electron chi connectivity index (χ2n) is 3.59. The highest BCUT2D eigenvalue weighted by molar-refractivity contribution is 5.78. The fraction of sp³-hybridized carbons (Fsp3) is 0.778. The van der Waals surface area contributed by atoms with Crippen molar-refractivity contribution in [2.75, 3.05) is 6.61 Å². The van der Waals surface area contributed by atoms with Gasteiger partial charge >= 0.3 is 5.97 Å². The Morgan fingerprint density at radius 1 is 1.69 bits per heavy atom. The largest absolute Gasteiger partial charge is 0.463 e. The van der Waals surface area contributed by atoms with E-state index >= 15 is 0 Å². The van der Waals surface area contributed by atoms with Gasteiger partial charge in [-0.2, -0.15) is 0 Å². The maximum atomic E-state index is 11.0. The van der Waals surface area contributed by atoms with Crippen LogP contribution in [0.2, 0.25) is 0 Å². The molecule has 13 heavy (non-hydrogen) atoms. The summed E-state index contributed by atoms with van der Waals surface area (Å²) < 4.78 is 4.98. The molecule has 1 atom stereocenters. The molecule has 1 saturated heterocycles. The van der Waals surface area contributed by atoms with Crippen molar-refractivity contribution in [1.82, 2.24) is 5.32 Å². The van der Waals surface area contributed by atoms with E-state index < -0.39 is 0 Å². The first kappa shape index (κ1) is 10.0. The number of amides is 1. The maximum absolute atomic E-state index is 11.0. The molecule has 1 unspecified atom stereocenters. The Bertz CT molecular complexity index is 213. The van der Waals surface area contributed by atoms with E-state index in [1.54, 1.807) is 13.8 Å². The maximum Gasteiger partial charge on any atom is 0.308 e. The molecule has 0 spiro atoms. The van der Waals surface area contributed by atoms with Gasteiger partial charge in [0.15, 0.2) is 0 Å². The van der Waals surface area contributed by atoms with Gasteiger partial charge in [0.05, 0.1) is 12.0 Å². The first-order valence-corrected chi connectivity index (χ1v) is 4.55. The highest BCUT2D eigenvalue weighted by Crippen LogP contribution is 2.07. The van der Waals surface area contributed by atoms with Crippen LogP contribution in [0.1, 0.15) is 26.7 Å². The predicted octanol–water partition coefficient (Wildman–Crippen LogP) is 0.464. The van der Waals surface area contributed by atoms with Gasteiger partial charge in [-0.05, 0) is 6.42 Å². The Balaban J connectivity index is 2.19. The number of carbonyl (C=O) groups excluding carboxylic acids is 2. The van der Waals surface area contributed by atoms with Gasteiger partial charge in [0.25, 0.3) is 0 Å². The fourth-order valence-electron chi connectivity index (χ4n) is 1.15. The van der Waals surface area contributed by atoms with E-state index in [9.17, 15) is 9.59 Å². The molecule has 1 aliphatic rings. The SMILES string of the molecule is CC(C)C(=O)OCC1CCC(=O)N1. The lowest BCUT2D eigenvalue weighted by Gasteiger charge is -2.11. The molecule has 1 N–H and O–H groups in total. The van der Waals surface area contributed by atoms with Crippen molar-refractivity contribution in [3.63, 3.8) is 0 Å². The molecule has 4 nitrogen and oxygen atoms in total. The van der Waals surface area contributed by atoms with E-state index in [2.05, 4.69) is 5.32 Å². The summed E-state index contributed by atoms with van der Waals surface area (Å²) in [6, 6.07) is 0.0233. The number of hydrogen-bond donors (Lipinski definition) is 1. The van der Waals surface area contributed by atoms with Gasteiger partial charge in [0.1, 0.15) is 6.61 Å². The molecule has 0 saturated carbocycles. The summed E-state index contributed by atoms with van der Waals surface area (Å²) in [6.07, 6.45) is 1.31. The van der Waals surface area contributed by atoms with Crippen LogP contribution < -0.4 is 5.32 Å². The first-order valence-electron chi connectivity index (χ1n) is 4.55. The summed E-state index contributed by atoms with van der Waals surface area (Å²) in [5.41, 5.74) is 0. The second kappa shape index (κ2) is 4.25. The molecule has 0 bridgehead atoms. The van der Waals surface area contributed by atoms with Gasteiger partial charge < -0.3 is 10.1 Å². The number of rotatable bonds is 3. The van der Waals surface area contributed by atoms with Gasteiger partial charge in [0.2, 0.25) is 5.91 Å². The normalized spacial score (nSPS) is 21.8. The molecule has 0 aliphatic carbocycles. The molecule has 1 amide bonds. The van der Waals surface area contributed by atoms with Crippen LogP contribution in [0.15, 0.2) is 0 Å². The molecule has 4 heteroatoms. The first-order chi connectivity index (χ1) is 6.09. The summed E-state index contributed by atoms with van der Waals surface area (Å²) in [4.78, 5) is 21.8. The smallest absolute Gasteiger partial charge is 0.308 e. The average Bonchev–Trinajstić information content (AvgIpc) is 2.47. The van der Waals surface area contributed by atoms with Crippen molar-refractivity contribution in [3.05, 3.63) is 0 Å². The van der Waals surface area contributed by atoms with Crippen LogP contribution in [-0.2, 0) is 14.3 Å². The molecular weight excluding hydrogens is 170 g/mol. The molecule has 1 rings (SSSR count). The Kier molecular flexibility index (Phi) is 3.28. The zero-order valence-corrected chi connectivity index (χ0v) is 8.00. The fourth-order valence-corrected chi connectivity index (χ4v) is 1.15. The molecule has 74 valence electrons. The summed E-state index contributed by atoms with van der Waals surface area (Å²) in [6.45, 7) is 3.88. The molecule has 0 aromatic heterocycles. The molecular formula is C9H15NO3. The number of ether oxygens (including phenoxy) is 1. The van der Waals surface area contributed by atoms with Crippen LogP contribution >= 0.6 is 0 Å². The topological polar surface area (TPSA) is 55.4 Å². The van der Waals surface area contributed by atoms with Crippen molar-refractivity contribution in [2.45, 2.75) is 32.7 Å². The molecule has 1 heterocycles. The van der Waals surface area contributed by atoms with Crippen LogP contribution in [-0.4, -0.2) is 24.5 Å². The van der Waals surface area contributed by atoms with Crippen LogP contribution in [0.3, 0.4) is 0 Å². The van der Waals surface area contributed by atoms with E-state index in [1.807, 2.05) is 0 Å². The van der Waals surface area contributed by atoms with Crippen LogP contribution in [0, 0.1) is 5.92 Å². The second-order valence-corrected chi connectivity index (χ2v) is 3.59. The lowest BCUT2D eigenvalue weighted by Crippen LogP contribution is -2.31. The van der Waals surface area contributed by atoms with Crippen molar-refractivity contribution in [3.8, 4) is 0 Å². The molecule has 0 aromatic carbocycles. The van der Waals surface area contributed by atoms with Gasteiger partial charge in [-0.3, -0.25) is 9.59 Å². The minimum atomic E-state index is -0.207. The van der Waals surface area contributed by atoms with Crippen molar-refractivity contribution in [2.24, 2.45) is 5.92 Å². The van der Waals surface area contributed by atoms with E-state index in [-0.39, 0.29) is 23.8 Å². The van der Waals surface area contributed by atoms with Crippen LogP contribution in [0.4, 0.5) is 0 Å². The summed E-state index contributed by atoms with van der Waals surface area (Å²) >= 11 is 0. The van der Waals surface area contributed by atoms with E-state index in [1.165, 1.54) is 0 Å². The Labute approximate surface area is 77.6 Å². The van der Waals surface area contributed by atoms with E-state index in [0.29, 0.717) is 13.0 Å². The zero-order chi connectivity index (χ0) is 9.84. The molecule has 0 aromatic rings. The highest BCUT2D eigenvalue weighted by atomic mass is 16.5. The van der Waals surface area contributed by atoms with Crippen molar-refractivity contribution >= 4 is 11.9 Å². The zero-order valence-electron chi connectivity index (χ0n) is 8.00. The number of carbonyl (C=O) groups is 2.